The second-order valence-corrected chi connectivity index (χ2v) is 7.13. The van der Waals surface area contributed by atoms with Crippen LogP contribution in [0.4, 0.5) is 11.6 Å². The highest BCUT2D eigenvalue weighted by atomic mass is 16.5. The van der Waals surface area contributed by atoms with Gasteiger partial charge in [-0.3, -0.25) is 0 Å². The van der Waals surface area contributed by atoms with E-state index in [2.05, 4.69) is 56.4 Å². The summed E-state index contributed by atoms with van der Waals surface area (Å²) in [5, 5.41) is 0. The summed E-state index contributed by atoms with van der Waals surface area (Å²) in [6.07, 6.45) is 1.55. The molecule has 20 heavy (non-hydrogen) atoms. The summed E-state index contributed by atoms with van der Waals surface area (Å²) in [6, 6.07) is 0. The first-order valence-electron chi connectivity index (χ1n) is 7.17. The molecule has 1 saturated heterocycles. The summed E-state index contributed by atoms with van der Waals surface area (Å²) in [5.74, 6) is 1.81. The summed E-state index contributed by atoms with van der Waals surface area (Å²) in [5.41, 5.74) is 6.66. The van der Waals surface area contributed by atoms with E-state index in [4.69, 9.17) is 10.5 Å². The van der Waals surface area contributed by atoms with E-state index in [9.17, 15) is 0 Å². The molecule has 1 aromatic rings. The summed E-state index contributed by atoms with van der Waals surface area (Å²) in [4.78, 5) is 10.9. The van der Waals surface area contributed by atoms with Crippen LogP contribution in [0.15, 0.2) is 6.33 Å². The summed E-state index contributed by atoms with van der Waals surface area (Å²) >= 11 is 0. The summed E-state index contributed by atoms with van der Waals surface area (Å²) in [7, 11) is 0. The average Bonchev–Trinajstić information content (AvgIpc) is 2.23. The van der Waals surface area contributed by atoms with Crippen molar-refractivity contribution >= 4 is 11.6 Å². The van der Waals surface area contributed by atoms with E-state index in [0.717, 1.165) is 24.5 Å². The Morgan fingerprint density at radius 3 is 2.20 bits per heavy atom. The van der Waals surface area contributed by atoms with Crippen LogP contribution in [0.5, 0.6) is 0 Å². The molecule has 1 aliphatic rings. The van der Waals surface area contributed by atoms with Crippen LogP contribution in [0, 0.1) is 0 Å². The van der Waals surface area contributed by atoms with Gasteiger partial charge in [0, 0.05) is 18.7 Å². The lowest BCUT2D eigenvalue weighted by Crippen LogP contribution is -2.57. The highest BCUT2D eigenvalue weighted by Crippen LogP contribution is 2.35. The second kappa shape index (κ2) is 4.88. The van der Waals surface area contributed by atoms with Crippen LogP contribution in [0.2, 0.25) is 0 Å². The largest absolute Gasteiger partial charge is 0.383 e. The lowest BCUT2D eigenvalue weighted by molar-refractivity contribution is -0.133. The van der Waals surface area contributed by atoms with Crippen LogP contribution in [0.1, 0.15) is 53.0 Å². The maximum absolute atomic E-state index is 6.13. The molecule has 2 N–H and O–H groups in total. The predicted molar refractivity (Wildman–Crippen MR) is 82.0 cm³/mol. The number of rotatable bonds is 2. The molecule has 0 unspecified atom stereocenters. The average molecular weight is 278 g/mol. The minimum Gasteiger partial charge on any atom is -0.383 e. The number of hydrogen-bond donors (Lipinski definition) is 1. The Balaban J connectivity index is 2.43. The van der Waals surface area contributed by atoms with Gasteiger partial charge in [-0.25, -0.2) is 9.97 Å². The molecule has 2 rings (SSSR count). The van der Waals surface area contributed by atoms with E-state index in [1.54, 1.807) is 6.33 Å². The molecule has 0 aliphatic carbocycles. The first-order valence-corrected chi connectivity index (χ1v) is 7.17. The molecule has 2 heterocycles. The first kappa shape index (κ1) is 15.0. The monoisotopic (exact) mass is 278 g/mol. The quantitative estimate of drug-likeness (QED) is 0.900. The molecule has 112 valence electrons. The van der Waals surface area contributed by atoms with Gasteiger partial charge in [-0.2, -0.15) is 0 Å². The lowest BCUT2D eigenvalue weighted by Gasteiger charge is -2.48. The number of nitrogens with zero attached hydrogens (tertiary/aromatic N) is 3. The minimum absolute atomic E-state index is 0.213. The zero-order valence-corrected chi connectivity index (χ0v) is 13.4. The molecule has 0 radical (unpaired) electrons. The molecular weight excluding hydrogens is 252 g/mol. The minimum atomic E-state index is -0.213. The van der Waals surface area contributed by atoms with E-state index in [-0.39, 0.29) is 11.2 Å². The van der Waals surface area contributed by atoms with Crippen molar-refractivity contribution in [3.63, 3.8) is 0 Å². The van der Waals surface area contributed by atoms with Gasteiger partial charge in [-0.1, -0.05) is 13.8 Å². The van der Waals surface area contributed by atoms with Gasteiger partial charge in [0.25, 0.3) is 0 Å². The van der Waals surface area contributed by atoms with Crippen LogP contribution in [-0.4, -0.2) is 34.3 Å². The molecule has 0 saturated carbocycles. The third-order valence-corrected chi connectivity index (χ3v) is 3.47. The zero-order chi connectivity index (χ0) is 15.1. The van der Waals surface area contributed by atoms with E-state index >= 15 is 0 Å². The third kappa shape index (κ3) is 3.03. The number of morpholine rings is 1. The molecular formula is C15H26N4O. The van der Waals surface area contributed by atoms with E-state index in [1.165, 1.54) is 0 Å². The van der Waals surface area contributed by atoms with Gasteiger partial charge < -0.3 is 15.4 Å². The van der Waals surface area contributed by atoms with Crippen LogP contribution in [0.25, 0.3) is 0 Å². The topological polar surface area (TPSA) is 64.3 Å². The standard InChI is InChI=1S/C15H26N4O/c1-10(2)11-12(16)17-9-18-13(11)19-7-14(3,4)20-15(5,6)8-19/h9-10H,7-8H2,1-6H3,(H2,16,17,18). The number of nitrogen functional groups attached to an aromatic ring is 1. The van der Waals surface area contributed by atoms with Gasteiger partial charge >= 0.3 is 0 Å². The summed E-state index contributed by atoms with van der Waals surface area (Å²) in [6.45, 7) is 14.3. The Morgan fingerprint density at radius 1 is 1.15 bits per heavy atom. The SMILES string of the molecule is CC(C)c1c(N)ncnc1N1CC(C)(C)OC(C)(C)C1. The molecule has 5 nitrogen and oxygen atoms in total. The summed E-state index contributed by atoms with van der Waals surface area (Å²) < 4.78 is 6.13. The fourth-order valence-electron chi connectivity index (χ4n) is 3.14. The zero-order valence-electron chi connectivity index (χ0n) is 13.4. The van der Waals surface area contributed by atoms with Gasteiger partial charge in [0.15, 0.2) is 0 Å². The number of nitrogens with two attached hydrogens (primary N) is 1. The highest BCUT2D eigenvalue weighted by molar-refractivity contribution is 5.58. The first-order chi connectivity index (χ1) is 9.11. The number of ether oxygens (including phenoxy) is 1. The molecule has 1 fully saturated rings. The van der Waals surface area contributed by atoms with Crippen molar-refractivity contribution in [3.05, 3.63) is 11.9 Å². The molecule has 0 aromatic carbocycles. The number of anilines is 2. The number of hydrogen-bond acceptors (Lipinski definition) is 5. The Labute approximate surface area is 121 Å². The number of aromatic nitrogens is 2. The van der Waals surface area contributed by atoms with Gasteiger partial charge in [-0.15, -0.1) is 0 Å². The van der Waals surface area contributed by atoms with Crippen molar-refractivity contribution in [3.8, 4) is 0 Å². The van der Waals surface area contributed by atoms with E-state index < -0.39 is 0 Å². The van der Waals surface area contributed by atoms with E-state index in [0.29, 0.717) is 11.7 Å². The van der Waals surface area contributed by atoms with Crippen molar-refractivity contribution in [2.45, 2.75) is 58.7 Å². The van der Waals surface area contributed by atoms with Crippen molar-refractivity contribution in [2.24, 2.45) is 0 Å². The van der Waals surface area contributed by atoms with Crippen LogP contribution in [-0.2, 0) is 4.74 Å². The van der Waals surface area contributed by atoms with Gasteiger partial charge in [-0.05, 0) is 33.6 Å². The van der Waals surface area contributed by atoms with Crippen LogP contribution in [0.3, 0.4) is 0 Å². The van der Waals surface area contributed by atoms with Gasteiger partial charge in [0.1, 0.15) is 18.0 Å². The van der Waals surface area contributed by atoms with Crippen LogP contribution < -0.4 is 10.6 Å². The molecule has 0 amide bonds. The molecule has 1 aliphatic heterocycles. The predicted octanol–water partition coefficient (Wildman–Crippen LogP) is 2.58. The van der Waals surface area contributed by atoms with E-state index in [1.807, 2.05) is 0 Å². The molecule has 0 bridgehead atoms. The van der Waals surface area contributed by atoms with Crippen molar-refractivity contribution < 1.29 is 4.74 Å². The molecule has 5 heteroatoms. The van der Waals surface area contributed by atoms with Crippen LogP contribution >= 0.6 is 0 Å². The van der Waals surface area contributed by atoms with Crippen molar-refractivity contribution in [1.29, 1.82) is 0 Å². The lowest BCUT2D eigenvalue weighted by atomic mass is 9.97. The second-order valence-electron chi connectivity index (χ2n) is 7.13. The fourth-order valence-corrected chi connectivity index (χ4v) is 3.14. The Morgan fingerprint density at radius 2 is 1.70 bits per heavy atom. The third-order valence-electron chi connectivity index (χ3n) is 3.47. The molecule has 1 aromatic heterocycles. The normalized spacial score (nSPS) is 21.2. The Hall–Kier alpha value is -1.36. The van der Waals surface area contributed by atoms with Crippen molar-refractivity contribution in [1.82, 2.24) is 9.97 Å². The maximum Gasteiger partial charge on any atom is 0.137 e. The van der Waals surface area contributed by atoms with Gasteiger partial charge in [0.2, 0.25) is 0 Å². The van der Waals surface area contributed by atoms with Gasteiger partial charge in [0.05, 0.1) is 11.2 Å². The maximum atomic E-state index is 6.13. The smallest absolute Gasteiger partial charge is 0.137 e. The molecule has 0 spiro atoms. The fraction of sp³-hybridized carbons (Fsp3) is 0.733. The Bertz CT molecular complexity index is 481. The Kier molecular flexibility index (Phi) is 3.67. The highest BCUT2D eigenvalue weighted by Gasteiger charge is 2.39. The van der Waals surface area contributed by atoms with Crippen molar-refractivity contribution in [2.75, 3.05) is 23.7 Å². The molecule has 0 atom stereocenters.